The van der Waals surface area contributed by atoms with E-state index in [1.54, 1.807) is 18.5 Å². The third-order valence-electron chi connectivity index (χ3n) is 9.58. The van der Waals surface area contributed by atoms with Gasteiger partial charge in [-0.25, -0.2) is 0 Å². The molecular weight excluding hydrogens is 821 g/mol. The molecule has 0 aromatic carbocycles. The van der Waals surface area contributed by atoms with Gasteiger partial charge in [0.05, 0.1) is 37.0 Å². The Bertz CT molecular complexity index is 741. The maximum absolute atomic E-state index is 9.75. The molecule has 0 amide bonds. The zero-order valence-electron chi connectivity index (χ0n) is 32.7. The summed E-state index contributed by atoms with van der Waals surface area (Å²) >= 11 is 12.4. The summed E-state index contributed by atoms with van der Waals surface area (Å²) in [5.41, 5.74) is 1.13. The van der Waals surface area contributed by atoms with Crippen molar-refractivity contribution < 1.29 is 51.6 Å². The molecule has 0 saturated carbocycles. The topological polar surface area (TPSA) is 0 Å². The van der Waals surface area contributed by atoms with Gasteiger partial charge in [-0.1, -0.05) is 62.3 Å². The molecule has 1 aliphatic heterocycles. The summed E-state index contributed by atoms with van der Waals surface area (Å²) in [5, 5.41) is 0. The van der Waals surface area contributed by atoms with E-state index in [0.29, 0.717) is 34.6 Å². The van der Waals surface area contributed by atoms with E-state index in [1.165, 1.54) is 73.9 Å². The first-order chi connectivity index (χ1) is 21.6. The minimum Gasteiger partial charge on any atom is -0.729 e. The molecule has 1 saturated heterocycles. The van der Waals surface area contributed by atoms with Crippen LogP contribution >= 0.6 is 38.3 Å². The van der Waals surface area contributed by atoms with E-state index in [9.17, 15) is 34.5 Å². The molecule has 0 aliphatic carbocycles. The average Bonchev–Trinajstić information content (AvgIpc) is 2.97. The van der Waals surface area contributed by atoms with Crippen molar-refractivity contribution in [2.75, 3.05) is 92.4 Å². The molecule has 0 unspecified atom stereocenters. The second-order valence-corrected chi connectivity index (χ2v) is 34.7. The molecule has 49 heavy (non-hydrogen) atoms. The molecular formula is C31H69B2F8FeP5S2. The largest absolute Gasteiger partial charge is 2.00 e. The van der Waals surface area contributed by atoms with Gasteiger partial charge in [0.25, 0.3) is 0 Å². The Morgan fingerprint density at radius 3 is 0.857 bits per heavy atom. The zero-order valence-corrected chi connectivity index (χ0v) is 39.9. The van der Waals surface area contributed by atoms with Gasteiger partial charge in [0.2, 0.25) is 0 Å². The molecule has 0 radical (unpaired) electrons. The van der Waals surface area contributed by atoms with Gasteiger partial charge in [-0.3, -0.25) is 0 Å². The van der Waals surface area contributed by atoms with E-state index < -0.39 is 29.0 Å². The van der Waals surface area contributed by atoms with Crippen LogP contribution in [0.4, 0.5) is 34.5 Å². The van der Waals surface area contributed by atoms with E-state index in [0.717, 1.165) is 0 Å². The van der Waals surface area contributed by atoms with Gasteiger partial charge in [0.1, 0.15) is 0 Å². The van der Waals surface area contributed by atoms with Crippen molar-refractivity contribution in [1.82, 2.24) is 0 Å². The Kier molecular flexibility index (Phi) is 32.0. The fourth-order valence-corrected chi connectivity index (χ4v) is 31.3. The van der Waals surface area contributed by atoms with Crippen LogP contribution in [-0.4, -0.2) is 110 Å². The summed E-state index contributed by atoms with van der Waals surface area (Å²) in [6.07, 6.45) is 21.0. The first-order valence-corrected chi connectivity index (χ1v) is 28.9. The van der Waals surface area contributed by atoms with E-state index in [-0.39, 0.29) is 20.6 Å². The Labute approximate surface area is 324 Å². The molecule has 1 heterocycles. The Balaban J connectivity index is -0.000000319. The Morgan fingerprint density at radius 2 is 0.714 bits per heavy atom. The summed E-state index contributed by atoms with van der Waals surface area (Å²) in [4.78, 5) is 0. The second-order valence-electron chi connectivity index (χ2n) is 13.8. The fourth-order valence-electron chi connectivity index (χ4n) is 7.14. The molecule has 0 atom stereocenters. The van der Waals surface area contributed by atoms with Crippen LogP contribution in [0, 0.1) is 10.8 Å². The summed E-state index contributed by atoms with van der Waals surface area (Å²) in [6, 6.07) is 0. The van der Waals surface area contributed by atoms with Crippen molar-refractivity contribution >= 4 is 78.1 Å². The van der Waals surface area contributed by atoms with E-state index in [2.05, 4.69) is 90.0 Å². The maximum atomic E-state index is 9.75. The van der Waals surface area contributed by atoms with Crippen LogP contribution < -0.4 is 0 Å². The van der Waals surface area contributed by atoms with Crippen LogP contribution in [0.1, 0.15) is 90.0 Å². The standard InChI is InChI=1S/C17H39P3.C14H30P2S2.2BF4.Fe/c1-8-18(9-2)14-17(7,15-19(10-3)11-4)16-20(12-5)13-6;1-7-15(8-2)11-13(5,6)12-16(9-3,10-4)14(15,17)18;2*2-1(3,4)5;/h8-16H2,1-7H3;7-12H2,1-6H3;;;/q;;2*-1;+2. The molecule has 0 N–H and O–H groups in total. The predicted octanol–water partition coefficient (Wildman–Crippen LogP) is 14.0. The van der Waals surface area contributed by atoms with Gasteiger partial charge in [0.15, 0.2) is 0 Å². The predicted molar refractivity (Wildman–Crippen MR) is 224 cm³/mol. The van der Waals surface area contributed by atoms with E-state index in [4.69, 9.17) is 25.3 Å². The SMILES string of the molecule is CCP(CC)CC(C)(CP(CC)CC)CP(CC)CC.CC[P+]1(CC)CC(C)(C)C[P+](CC)(CC)C1([S-])[S-].F[B-](F)(F)F.F[B-](F)(F)F.[Fe+2]. The molecule has 0 aromatic rings. The number of rotatable bonds is 16. The van der Waals surface area contributed by atoms with Crippen LogP contribution in [0.25, 0.3) is 0 Å². The minimum absolute atomic E-state index is 0. The van der Waals surface area contributed by atoms with Crippen molar-refractivity contribution in [3.63, 3.8) is 0 Å². The molecule has 0 bridgehead atoms. The van der Waals surface area contributed by atoms with E-state index >= 15 is 0 Å². The van der Waals surface area contributed by atoms with Crippen molar-refractivity contribution in [3.05, 3.63) is 0 Å². The summed E-state index contributed by atoms with van der Waals surface area (Å²) < 4.78 is 77.8. The third-order valence-corrected chi connectivity index (χ3v) is 35.9. The first-order valence-electron chi connectivity index (χ1n) is 17.7. The normalized spacial score (nSPS) is 18.0. The van der Waals surface area contributed by atoms with Gasteiger partial charge in [0, 0.05) is 19.9 Å². The molecule has 0 spiro atoms. The van der Waals surface area contributed by atoms with Gasteiger partial charge in [-0.15, -0.1) is 23.8 Å². The molecule has 1 fully saturated rings. The van der Waals surface area contributed by atoms with Crippen LogP contribution in [0.2, 0.25) is 0 Å². The second kappa shape index (κ2) is 26.7. The van der Waals surface area contributed by atoms with Gasteiger partial charge < -0.3 is 59.8 Å². The van der Waals surface area contributed by atoms with Crippen LogP contribution in [-0.2, 0) is 42.3 Å². The maximum Gasteiger partial charge on any atom is 2.00 e. The number of hydrogen-bond acceptors (Lipinski definition) is 2. The Hall–Kier alpha value is 2.94. The van der Waals surface area contributed by atoms with Crippen LogP contribution in [0.5, 0.6) is 0 Å². The van der Waals surface area contributed by atoms with E-state index in [1.807, 2.05) is 0 Å². The monoisotopic (exact) mass is 890 g/mol. The molecule has 0 nitrogen and oxygen atoms in total. The van der Waals surface area contributed by atoms with Crippen molar-refractivity contribution in [3.8, 4) is 0 Å². The van der Waals surface area contributed by atoms with Crippen molar-refractivity contribution in [2.24, 2.45) is 10.8 Å². The average molecular weight is 890 g/mol. The van der Waals surface area contributed by atoms with Gasteiger partial charge >= 0.3 is 31.6 Å². The van der Waals surface area contributed by atoms with Gasteiger partial charge in [-0.05, 0) is 92.1 Å². The summed E-state index contributed by atoms with van der Waals surface area (Å²) in [5.74, 6) is 0. The number of hydrogen-bond donors (Lipinski definition) is 0. The van der Waals surface area contributed by atoms with Crippen LogP contribution in [0.3, 0.4) is 0 Å². The first kappa shape index (κ1) is 58.6. The van der Waals surface area contributed by atoms with Crippen LogP contribution in [0.15, 0.2) is 0 Å². The third kappa shape index (κ3) is 23.6. The molecule has 0 aromatic heterocycles. The smallest absolute Gasteiger partial charge is 0.729 e. The zero-order chi connectivity index (χ0) is 38.8. The quantitative estimate of drug-likeness (QED) is 0.0655. The number of halogens is 8. The fraction of sp³-hybridized carbons (Fsp3) is 1.00. The molecule has 1 aliphatic rings. The van der Waals surface area contributed by atoms with Crippen molar-refractivity contribution in [1.29, 1.82) is 0 Å². The summed E-state index contributed by atoms with van der Waals surface area (Å²) in [6.45, 7) is 31.5. The Morgan fingerprint density at radius 1 is 0.531 bits per heavy atom. The summed E-state index contributed by atoms with van der Waals surface area (Å²) in [7, 11) is -13.4. The molecule has 18 heteroatoms. The van der Waals surface area contributed by atoms with Gasteiger partial charge in [-0.2, -0.15) is 0 Å². The molecule has 300 valence electrons. The molecule has 1 rings (SSSR count). The minimum atomic E-state index is -6.00. The van der Waals surface area contributed by atoms with Crippen molar-refractivity contribution in [2.45, 2.75) is 93.6 Å².